The standard InChI is InChI=1S/C81H92BN3/c1-74(2,3)50-27-33-55(34-28-50)83(56-35-29-51(30-36-56)75(4,5)6)57-45-60-62-44-54(78(13,14)15)43-61-59-42-53(77(10,11)12)32-38-68(59)85(71(61)62)82-70(60)69(46-57)84(67-37-31-52(76(7,8)9)41-58(67)49-25-23-22-24-26-49)72-63-47-65-66(48-64(63)81(20,21)73(72)82)80(18,19)40-39-79(65,16)17/h22-38,41-48H,39-40H2,1-21H3. The van der Waals surface area contributed by atoms with Crippen LogP contribution < -0.4 is 15.3 Å². The zero-order valence-corrected chi connectivity index (χ0v) is 55.3. The molecule has 0 amide bonds. The third-order valence-electron chi connectivity index (χ3n) is 20.6. The highest BCUT2D eigenvalue weighted by atomic mass is 15.2. The van der Waals surface area contributed by atoms with Gasteiger partial charge < -0.3 is 14.3 Å². The highest BCUT2D eigenvalue weighted by molar-refractivity contribution is 6.85. The number of aromatic nitrogens is 1. The molecule has 0 fully saturated rings. The Kier molecular flexibility index (Phi) is 12.4. The topological polar surface area (TPSA) is 11.4 Å². The average Bonchev–Trinajstić information content (AvgIpc) is 1.56. The predicted molar refractivity (Wildman–Crippen MR) is 370 cm³/mol. The molecule has 4 aliphatic rings. The summed E-state index contributed by atoms with van der Waals surface area (Å²) in [5.74, 6) is 0. The minimum absolute atomic E-state index is 0.00123. The van der Waals surface area contributed by atoms with Gasteiger partial charge in [-0.2, -0.15) is 0 Å². The molecule has 0 unspecified atom stereocenters. The molecule has 3 nitrogen and oxygen atoms in total. The molecule has 0 N–H and O–H groups in total. The van der Waals surface area contributed by atoms with Crippen molar-refractivity contribution in [1.82, 2.24) is 4.48 Å². The van der Waals surface area contributed by atoms with E-state index in [4.69, 9.17) is 0 Å². The monoisotopic (exact) mass is 1120 g/mol. The van der Waals surface area contributed by atoms with Crippen LogP contribution >= 0.6 is 0 Å². The van der Waals surface area contributed by atoms with Gasteiger partial charge in [-0.25, -0.2) is 0 Å². The summed E-state index contributed by atoms with van der Waals surface area (Å²) in [7, 11) is 0. The van der Waals surface area contributed by atoms with E-state index in [-0.39, 0.29) is 50.2 Å². The first-order valence-electron chi connectivity index (χ1n) is 31.8. The molecule has 0 saturated carbocycles. The second-order valence-electron chi connectivity index (χ2n) is 33.1. The lowest BCUT2D eigenvalue weighted by Gasteiger charge is -2.44. The van der Waals surface area contributed by atoms with Crippen molar-refractivity contribution in [2.24, 2.45) is 0 Å². The van der Waals surface area contributed by atoms with Crippen LogP contribution in [0.4, 0.5) is 28.4 Å². The molecular formula is C81H92BN3. The molecule has 434 valence electrons. The Morgan fingerprint density at radius 3 is 1.45 bits per heavy atom. The number of anilines is 5. The first-order chi connectivity index (χ1) is 39.6. The maximum atomic E-state index is 2.84. The first kappa shape index (κ1) is 57.1. The minimum atomic E-state index is -0.376. The summed E-state index contributed by atoms with van der Waals surface area (Å²) < 4.78 is 2.84. The van der Waals surface area contributed by atoms with Gasteiger partial charge >= 0.3 is 6.85 Å². The van der Waals surface area contributed by atoms with Crippen molar-refractivity contribution in [2.45, 2.75) is 202 Å². The number of hydrogen-bond donors (Lipinski definition) is 0. The van der Waals surface area contributed by atoms with Crippen LogP contribution in [0.25, 0.3) is 49.8 Å². The van der Waals surface area contributed by atoms with Crippen molar-refractivity contribution < 1.29 is 0 Å². The molecule has 13 rings (SSSR count). The van der Waals surface area contributed by atoms with E-state index in [1.165, 1.54) is 122 Å². The highest BCUT2D eigenvalue weighted by Crippen LogP contribution is 2.61. The van der Waals surface area contributed by atoms with Gasteiger partial charge in [0.2, 0.25) is 0 Å². The van der Waals surface area contributed by atoms with Crippen molar-refractivity contribution in [3.8, 4) is 22.3 Å². The summed E-state index contributed by atoms with van der Waals surface area (Å²) in [5.41, 5.74) is 29.6. The smallest absolute Gasteiger partial charge is 0.329 e. The van der Waals surface area contributed by atoms with Crippen molar-refractivity contribution >= 4 is 68.3 Å². The fourth-order valence-corrected chi connectivity index (χ4v) is 15.1. The highest BCUT2D eigenvalue weighted by Gasteiger charge is 2.55. The SMILES string of the molecule is CC(C)(C)c1ccc(N(c2ccc(C(C)(C)C)cc2)c2cc3c4c(c2)N(c2ccc(C(C)(C)C)cc2-c2ccccc2)C2=C(B4n4c5ccc(C(C)(C)C)cc5c5cc(C(C)(C)C)cc-3c54)C(C)(C)c3cc4c(cc32)C(C)(C)CCC4(C)C)cc1. The molecular weight excluding hydrogens is 1030 g/mol. The number of rotatable bonds is 5. The fraction of sp³-hybridized carbons (Fsp3) is 0.383. The van der Waals surface area contributed by atoms with E-state index >= 15 is 0 Å². The van der Waals surface area contributed by atoms with Crippen LogP contribution in [-0.4, -0.2) is 11.3 Å². The van der Waals surface area contributed by atoms with E-state index in [0.717, 1.165) is 29.9 Å². The maximum absolute atomic E-state index is 2.84. The number of nitrogens with zero attached hydrogens (tertiary/aromatic N) is 3. The Labute approximate surface area is 510 Å². The molecule has 2 aliphatic heterocycles. The third-order valence-corrected chi connectivity index (χ3v) is 20.6. The fourth-order valence-electron chi connectivity index (χ4n) is 15.1. The summed E-state index contributed by atoms with van der Waals surface area (Å²) in [5, 5.41) is 2.68. The van der Waals surface area contributed by atoms with Gasteiger partial charge in [0.15, 0.2) is 0 Å². The number of allylic oxidation sites excluding steroid dienone is 1. The van der Waals surface area contributed by atoms with E-state index in [0.29, 0.717) is 0 Å². The Balaban J connectivity index is 1.25. The van der Waals surface area contributed by atoms with Crippen molar-refractivity contribution in [1.29, 1.82) is 0 Å². The molecule has 1 aromatic heterocycles. The van der Waals surface area contributed by atoms with Crippen LogP contribution in [0.1, 0.15) is 208 Å². The minimum Gasteiger partial charge on any atom is -0.376 e. The number of benzene rings is 8. The Morgan fingerprint density at radius 2 is 0.894 bits per heavy atom. The van der Waals surface area contributed by atoms with Crippen LogP contribution in [0.2, 0.25) is 0 Å². The zero-order chi connectivity index (χ0) is 60.8. The van der Waals surface area contributed by atoms with E-state index in [1.807, 2.05) is 0 Å². The molecule has 3 heterocycles. The Bertz CT molecular complexity index is 4200. The lowest BCUT2D eigenvalue weighted by Crippen LogP contribution is -2.52. The molecule has 0 saturated heterocycles. The van der Waals surface area contributed by atoms with Gasteiger partial charge in [-0.1, -0.05) is 218 Å². The van der Waals surface area contributed by atoms with Gasteiger partial charge in [0, 0.05) is 72.4 Å². The number of fused-ring (bicyclic) bond motifs is 9. The summed E-state index contributed by atoms with van der Waals surface area (Å²) in [6, 6.07) is 60.9. The molecule has 85 heavy (non-hydrogen) atoms. The zero-order valence-electron chi connectivity index (χ0n) is 55.3. The van der Waals surface area contributed by atoms with Gasteiger partial charge in [0.05, 0.1) is 5.69 Å². The van der Waals surface area contributed by atoms with Crippen LogP contribution in [-0.2, 0) is 43.3 Å². The van der Waals surface area contributed by atoms with Gasteiger partial charge in [-0.3, -0.25) is 0 Å². The molecule has 0 radical (unpaired) electrons. The quantitative estimate of drug-likeness (QED) is 0.159. The molecule has 0 atom stereocenters. The lowest BCUT2D eigenvalue weighted by atomic mass is 9.40. The van der Waals surface area contributed by atoms with Crippen molar-refractivity contribution in [2.75, 3.05) is 9.80 Å². The van der Waals surface area contributed by atoms with Crippen LogP contribution in [0.15, 0.2) is 157 Å². The second-order valence-corrected chi connectivity index (χ2v) is 33.1. The Morgan fingerprint density at radius 1 is 0.400 bits per heavy atom. The largest absolute Gasteiger partial charge is 0.376 e. The summed E-state index contributed by atoms with van der Waals surface area (Å²) in [6.07, 6.45) is 2.31. The van der Waals surface area contributed by atoms with Gasteiger partial charge in [0.25, 0.3) is 0 Å². The molecule has 0 spiro atoms. The van der Waals surface area contributed by atoms with Gasteiger partial charge in [-0.15, -0.1) is 0 Å². The number of hydrogen-bond acceptors (Lipinski definition) is 2. The summed E-state index contributed by atoms with van der Waals surface area (Å²) in [4.78, 5) is 5.36. The van der Waals surface area contributed by atoms with Crippen LogP contribution in [0.5, 0.6) is 0 Å². The summed E-state index contributed by atoms with van der Waals surface area (Å²) in [6.45, 7) is 50.3. The normalized spacial score (nSPS) is 16.9. The van der Waals surface area contributed by atoms with Gasteiger partial charge in [0.1, 0.15) is 0 Å². The molecule has 8 aromatic carbocycles. The van der Waals surface area contributed by atoms with Crippen molar-refractivity contribution in [3.63, 3.8) is 0 Å². The average molecular weight is 1120 g/mol. The maximum Gasteiger partial charge on any atom is 0.329 e. The van der Waals surface area contributed by atoms with E-state index in [2.05, 4.69) is 311 Å². The Hall–Kier alpha value is -7.04. The van der Waals surface area contributed by atoms with E-state index < -0.39 is 0 Å². The third kappa shape index (κ3) is 8.94. The second kappa shape index (κ2) is 18.5. The molecule has 9 aromatic rings. The molecule has 0 bridgehead atoms. The predicted octanol–water partition coefficient (Wildman–Crippen LogP) is 21.9. The first-order valence-corrected chi connectivity index (χ1v) is 31.8. The van der Waals surface area contributed by atoms with E-state index in [1.54, 1.807) is 0 Å². The van der Waals surface area contributed by atoms with Crippen LogP contribution in [0.3, 0.4) is 0 Å². The van der Waals surface area contributed by atoms with Crippen molar-refractivity contribution in [3.05, 3.63) is 207 Å². The van der Waals surface area contributed by atoms with E-state index in [9.17, 15) is 0 Å². The van der Waals surface area contributed by atoms with Gasteiger partial charge in [-0.05, 0) is 196 Å². The molecule has 2 aliphatic carbocycles. The lowest BCUT2D eigenvalue weighted by molar-refractivity contribution is 0.331. The molecule has 4 heteroatoms. The van der Waals surface area contributed by atoms with Crippen LogP contribution in [0, 0.1) is 0 Å². The summed E-state index contributed by atoms with van der Waals surface area (Å²) >= 11 is 0.